The standard InChI is InChI=1S/C24H16ClNO5/c1-28-20-4-2-3-15-12-22(30-23(15)20)24(27)29-17-9-10-18-19(26-31-21(18)13-17)11-14-5-7-16(25)8-6-14/h2-10,12-13H,11H2,1H3. The van der Waals surface area contributed by atoms with Gasteiger partial charge >= 0.3 is 5.97 Å². The summed E-state index contributed by atoms with van der Waals surface area (Å²) in [7, 11) is 1.54. The topological polar surface area (TPSA) is 74.7 Å². The van der Waals surface area contributed by atoms with Crippen LogP contribution in [0.4, 0.5) is 0 Å². The Labute approximate surface area is 181 Å². The van der Waals surface area contributed by atoms with Crippen LogP contribution in [-0.4, -0.2) is 18.2 Å². The van der Waals surface area contributed by atoms with Gasteiger partial charge in [0.05, 0.1) is 12.8 Å². The van der Waals surface area contributed by atoms with E-state index < -0.39 is 5.97 Å². The summed E-state index contributed by atoms with van der Waals surface area (Å²) in [6, 6.07) is 19.8. The van der Waals surface area contributed by atoms with Gasteiger partial charge in [0.25, 0.3) is 0 Å². The average molecular weight is 434 g/mol. The summed E-state index contributed by atoms with van der Waals surface area (Å²) >= 11 is 5.94. The number of rotatable bonds is 5. The average Bonchev–Trinajstić information content (AvgIpc) is 3.39. The minimum absolute atomic E-state index is 0.0839. The summed E-state index contributed by atoms with van der Waals surface area (Å²) in [4.78, 5) is 12.6. The van der Waals surface area contributed by atoms with Gasteiger partial charge in [-0.1, -0.05) is 41.0 Å². The van der Waals surface area contributed by atoms with Crippen molar-refractivity contribution in [2.24, 2.45) is 0 Å². The molecule has 0 bridgehead atoms. The van der Waals surface area contributed by atoms with Crippen molar-refractivity contribution in [1.29, 1.82) is 0 Å². The molecule has 0 amide bonds. The zero-order chi connectivity index (χ0) is 21.4. The summed E-state index contributed by atoms with van der Waals surface area (Å²) in [5.41, 5.74) is 2.88. The summed E-state index contributed by atoms with van der Waals surface area (Å²) in [6.45, 7) is 0. The molecule has 31 heavy (non-hydrogen) atoms. The van der Waals surface area contributed by atoms with E-state index in [4.69, 9.17) is 30.0 Å². The fourth-order valence-electron chi connectivity index (χ4n) is 3.41. The van der Waals surface area contributed by atoms with Gasteiger partial charge in [0.2, 0.25) is 5.76 Å². The van der Waals surface area contributed by atoms with Crippen LogP contribution in [0.2, 0.25) is 5.02 Å². The van der Waals surface area contributed by atoms with Crippen molar-refractivity contribution in [1.82, 2.24) is 5.16 Å². The molecule has 3 aromatic carbocycles. The number of fused-ring (bicyclic) bond motifs is 2. The van der Waals surface area contributed by atoms with E-state index in [1.807, 2.05) is 42.5 Å². The Morgan fingerprint density at radius 1 is 1.06 bits per heavy atom. The molecule has 0 aliphatic heterocycles. The molecule has 7 heteroatoms. The fraction of sp³-hybridized carbons (Fsp3) is 0.0833. The molecule has 0 radical (unpaired) electrons. The molecule has 0 spiro atoms. The number of nitrogens with zero attached hydrogens (tertiary/aromatic N) is 1. The summed E-state index contributed by atoms with van der Waals surface area (Å²) in [5.74, 6) is 0.353. The number of methoxy groups -OCH3 is 1. The molecule has 6 nitrogen and oxygen atoms in total. The SMILES string of the molecule is COc1cccc2cc(C(=O)Oc3ccc4c(Cc5ccc(Cl)cc5)noc4c3)oc12. The van der Waals surface area contributed by atoms with Crippen LogP contribution in [0.25, 0.3) is 21.9 Å². The van der Waals surface area contributed by atoms with E-state index in [2.05, 4.69) is 5.16 Å². The maximum atomic E-state index is 12.6. The van der Waals surface area contributed by atoms with Crippen LogP contribution in [0.1, 0.15) is 21.8 Å². The van der Waals surface area contributed by atoms with Crippen LogP contribution < -0.4 is 9.47 Å². The monoisotopic (exact) mass is 433 g/mol. The molecule has 0 saturated heterocycles. The Bertz CT molecular complexity index is 1400. The first-order valence-corrected chi connectivity index (χ1v) is 9.90. The van der Waals surface area contributed by atoms with Crippen molar-refractivity contribution in [3.05, 3.63) is 88.8 Å². The number of halogens is 1. The number of carbonyl (C=O) groups is 1. The number of esters is 1. The van der Waals surface area contributed by atoms with Crippen molar-refractivity contribution in [3.8, 4) is 11.5 Å². The normalized spacial score (nSPS) is 11.2. The third kappa shape index (κ3) is 3.73. The molecule has 0 saturated carbocycles. The Hall–Kier alpha value is -3.77. The van der Waals surface area contributed by atoms with Crippen LogP contribution in [0, 0.1) is 0 Å². The van der Waals surface area contributed by atoms with E-state index in [0.29, 0.717) is 34.1 Å². The van der Waals surface area contributed by atoms with Crippen LogP contribution in [0.15, 0.2) is 75.7 Å². The molecule has 0 N–H and O–H groups in total. The zero-order valence-electron chi connectivity index (χ0n) is 16.4. The second kappa shape index (κ2) is 7.81. The van der Waals surface area contributed by atoms with Crippen LogP contribution in [0.3, 0.4) is 0 Å². The van der Waals surface area contributed by atoms with E-state index >= 15 is 0 Å². The fourth-order valence-corrected chi connectivity index (χ4v) is 3.54. The molecule has 0 aliphatic carbocycles. The highest BCUT2D eigenvalue weighted by atomic mass is 35.5. The van der Waals surface area contributed by atoms with Gasteiger partial charge in [0.1, 0.15) is 5.75 Å². The molecule has 0 fully saturated rings. The minimum Gasteiger partial charge on any atom is -0.493 e. The van der Waals surface area contributed by atoms with Gasteiger partial charge < -0.3 is 18.4 Å². The number of ether oxygens (including phenoxy) is 2. The van der Waals surface area contributed by atoms with Crippen molar-refractivity contribution >= 4 is 39.5 Å². The number of hydrogen-bond acceptors (Lipinski definition) is 6. The highest BCUT2D eigenvalue weighted by Crippen LogP contribution is 2.30. The lowest BCUT2D eigenvalue weighted by Crippen LogP contribution is -2.06. The van der Waals surface area contributed by atoms with Gasteiger partial charge in [-0.2, -0.15) is 0 Å². The predicted octanol–water partition coefficient (Wildman–Crippen LogP) is 6.05. The number of furan rings is 1. The number of para-hydroxylation sites is 1. The minimum atomic E-state index is -0.612. The molecule has 5 aromatic rings. The summed E-state index contributed by atoms with van der Waals surface area (Å²) in [5, 5.41) is 6.45. The lowest BCUT2D eigenvalue weighted by Gasteiger charge is -2.02. The number of hydrogen-bond donors (Lipinski definition) is 0. The van der Waals surface area contributed by atoms with Crippen molar-refractivity contribution in [2.45, 2.75) is 6.42 Å². The molecule has 0 unspecified atom stereocenters. The lowest BCUT2D eigenvalue weighted by molar-refractivity contribution is 0.0704. The Morgan fingerprint density at radius 2 is 1.90 bits per heavy atom. The van der Waals surface area contributed by atoms with E-state index in [0.717, 1.165) is 22.0 Å². The molecular formula is C24H16ClNO5. The molecule has 5 rings (SSSR count). The van der Waals surface area contributed by atoms with Crippen molar-refractivity contribution in [3.63, 3.8) is 0 Å². The molecular weight excluding hydrogens is 418 g/mol. The van der Waals surface area contributed by atoms with E-state index in [-0.39, 0.29) is 5.76 Å². The summed E-state index contributed by atoms with van der Waals surface area (Å²) < 4.78 is 21.8. The molecule has 2 heterocycles. The second-order valence-corrected chi connectivity index (χ2v) is 7.41. The smallest absolute Gasteiger partial charge is 0.379 e. The van der Waals surface area contributed by atoms with Gasteiger partial charge in [-0.15, -0.1) is 0 Å². The first-order chi connectivity index (χ1) is 15.1. The zero-order valence-corrected chi connectivity index (χ0v) is 17.2. The highest BCUT2D eigenvalue weighted by Gasteiger charge is 2.18. The highest BCUT2D eigenvalue weighted by molar-refractivity contribution is 6.30. The maximum Gasteiger partial charge on any atom is 0.379 e. The molecule has 0 aliphatic rings. The van der Waals surface area contributed by atoms with Crippen molar-refractivity contribution < 1.29 is 23.2 Å². The third-order valence-corrected chi connectivity index (χ3v) is 5.19. The molecule has 2 aromatic heterocycles. The van der Waals surface area contributed by atoms with Crippen molar-refractivity contribution in [2.75, 3.05) is 7.11 Å². The van der Waals surface area contributed by atoms with Gasteiger partial charge in [0, 0.05) is 28.3 Å². The van der Waals surface area contributed by atoms with E-state index in [9.17, 15) is 4.79 Å². The first kappa shape index (κ1) is 19.2. The number of carbonyl (C=O) groups excluding carboxylic acids is 1. The Morgan fingerprint density at radius 3 is 2.71 bits per heavy atom. The maximum absolute atomic E-state index is 12.6. The first-order valence-electron chi connectivity index (χ1n) is 9.52. The third-order valence-electron chi connectivity index (χ3n) is 4.94. The van der Waals surface area contributed by atoms with Gasteiger partial charge in [-0.25, -0.2) is 4.79 Å². The Kier molecular flexibility index (Phi) is 4.84. The summed E-state index contributed by atoms with van der Waals surface area (Å²) in [6.07, 6.45) is 0.601. The van der Waals surface area contributed by atoms with Gasteiger partial charge in [0.15, 0.2) is 16.9 Å². The number of aromatic nitrogens is 1. The Balaban J connectivity index is 1.37. The van der Waals surface area contributed by atoms with Gasteiger partial charge in [-0.3, -0.25) is 0 Å². The van der Waals surface area contributed by atoms with E-state index in [1.54, 1.807) is 31.4 Å². The van der Waals surface area contributed by atoms with Crippen LogP contribution >= 0.6 is 11.6 Å². The second-order valence-electron chi connectivity index (χ2n) is 6.97. The van der Waals surface area contributed by atoms with Crippen LogP contribution in [0.5, 0.6) is 11.5 Å². The lowest BCUT2D eigenvalue weighted by atomic mass is 10.1. The molecule has 154 valence electrons. The molecule has 0 atom stereocenters. The largest absolute Gasteiger partial charge is 0.493 e. The van der Waals surface area contributed by atoms with Gasteiger partial charge in [-0.05, 0) is 42.0 Å². The number of benzene rings is 3. The predicted molar refractivity (Wildman–Crippen MR) is 116 cm³/mol. The van der Waals surface area contributed by atoms with E-state index in [1.165, 1.54) is 0 Å². The quantitative estimate of drug-likeness (QED) is 0.248. The van der Waals surface area contributed by atoms with Crippen LogP contribution in [-0.2, 0) is 6.42 Å².